The topological polar surface area (TPSA) is 89.9 Å². The molecule has 6 nitrogen and oxygen atoms in total. The van der Waals surface area contributed by atoms with Crippen LogP contribution in [0.3, 0.4) is 0 Å². The lowest BCUT2D eigenvalue weighted by Gasteiger charge is -2.43. The van der Waals surface area contributed by atoms with Gasteiger partial charge < -0.3 is 14.6 Å². The molecule has 0 spiro atoms. The Morgan fingerprint density at radius 3 is 1.75 bits per heavy atom. The van der Waals surface area contributed by atoms with E-state index in [0.29, 0.717) is 6.42 Å². The van der Waals surface area contributed by atoms with Crippen LogP contribution in [0.1, 0.15) is 67.7 Å². The van der Waals surface area contributed by atoms with Crippen LogP contribution in [-0.2, 0) is 23.9 Å². The molecule has 0 aromatic carbocycles. The summed E-state index contributed by atoms with van der Waals surface area (Å²) in [6, 6.07) is 0. The molecule has 0 saturated carbocycles. The molecule has 140 valence electrons. The molecule has 0 heterocycles. The Kier molecular flexibility index (Phi) is 7.93. The van der Waals surface area contributed by atoms with Gasteiger partial charge >= 0.3 is 17.9 Å². The average Bonchev–Trinajstić information content (AvgIpc) is 2.37. The molecule has 0 radical (unpaired) electrons. The monoisotopic (exact) mass is 344 g/mol. The smallest absolute Gasteiger partial charge is 0.312 e. The van der Waals surface area contributed by atoms with Crippen LogP contribution < -0.4 is 0 Å². The van der Waals surface area contributed by atoms with E-state index in [2.05, 4.69) is 20.8 Å². The lowest BCUT2D eigenvalue weighted by molar-refractivity contribution is -0.168. The van der Waals surface area contributed by atoms with Gasteiger partial charge in [0.25, 0.3) is 0 Å². The van der Waals surface area contributed by atoms with Gasteiger partial charge in [-0.25, -0.2) is 0 Å². The molecule has 0 amide bonds. The van der Waals surface area contributed by atoms with Crippen LogP contribution in [0.15, 0.2) is 0 Å². The third-order valence-electron chi connectivity index (χ3n) is 4.11. The standard InChI is InChI=1S/C18H32O6/c1-16(2,3)12-18(7,17(4,5)6)15(22)24-11-10-23-14(21)9-8-13(19)20/h8-12H2,1-7H3,(H,19,20). The van der Waals surface area contributed by atoms with Crippen molar-refractivity contribution in [1.29, 1.82) is 0 Å². The van der Waals surface area contributed by atoms with Crippen LogP contribution in [-0.4, -0.2) is 36.2 Å². The number of aliphatic carboxylic acids is 1. The molecule has 24 heavy (non-hydrogen) atoms. The molecule has 0 saturated heterocycles. The van der Waals surface area contributed by atoms with E-state index < -0.39 is 17.4 Å². The van der Waals surface area contributed by atoms with E-state index in [1.165, 1.54) is 0 Å². The largest absolute Gasteiger partial charge is 0.481 e. The third-order valence-corrected chi connectivity index (χ3v) is 4.11. The van der Waals surface area contributed by atoms with Crippen molar-refractivity contribution in [2.45, 2.75) is 67.7 Å². The summed E-state index contributed by atoms with van der Waals surface area (Å²) in [6.07, 6.45) is 0.208. The maximum absolute atomic E-state index is 12.6. The van der Waals surface area contributed by atoms with Crippen molar-refractivity contribution in [3.05, 3.63) is 0 Å². The normalized spacial score (nSPS) is 14.6. The van der Waals surface area contributed by atoms with E-state index in [1.807, 2.05) is 27.7 Å². The van der Waals surface area contributed by atoms with Gasteiger partial charge in [0.2, 0.25) is 0 Å². The number of carbonyl (C=O) groups excluding carboxylic acids is 2. The number of hydrogen-bond acceptors (Lipinski definition) is 5. The van der Waals surface area contributed by atoms with Gasteiger partial charge in [-0.3, -0.25) is 14.4 Å². The van der Waals surface area contributed by atoms with Crippen molar-refractivity contribution >= 4 is 17.9 Å². The average molecular weight is 344 g/mol. The first kappa shape index (κ1) is 22.4. The van der Waals surface area contributed by atoms with E-state index in [4.69, 9.17) is 14.6 Å². The summed E-state index contributed by atoms with van der Waals surface area (Å²) in [5.41, 5.74) is -0.988. The summed E-state index contributed by atoms with van der Waals surface area (Å²) >= 11 is 0. The molecule has 0 bridgehead atoms. The maximum atomic E-state index is 12.6. The van der Waals surface area contributed by atoms with Gasteiger partial charge in [-0.05, 0) is 24.2 Å². The summed E-state index contributed by atoms with van der Waals surface area (Å²) in [5, 5.41) is 8.49. The Hall–Kier alpha value is -1.59. The Morgan fingerprint density at radius 1 is 0.833 bits per heavy atom. The summed E-state index contributed by atoms with van der Waals surface area (Å²) in [6.45, 7) is 14.0. The number of ether oxygens (including phenoxy) is 2. The molecule has 0 rings (SSSR count). The Bertz CT molecular complexity index is 455. The maximum Gasteiger partial charge on any atom is 0.312 e. The van der Waals surface area contributed by atoms with Gasteiger partial charge in [-0.15, -0.1) is 0 Å². The molecule has 0 aliphatic heterocycles. The number of rotatable bonds is 8. The zero-order chi connectivity index (χ0) is 19.2. The van der Waals surface area contributed by atoms with Gasteiger partial charge in [0.15, 0.2) is 0 Å². The molecule has 0 aromatic heterocycles. The first-order valence-electron chi connectivity index (χ1n) is 8.24. The second-order valence-corrected chi connectivity index (χ2v) is 8.57. The van der Waals surface area contributed by atoms with Crippen LogP contribution in [0.4, 0.5) is 0 Å². The Balaban J connectivity index is 4.55. The lowest BCUT2D eigenvalue weighted by Crippen LogP contribution is -2.44. The summed E-state index contributed by atoms with van der Waals surface area (Å²) in [5.74, 6) is -1.98. The first-order chi connectivity index (χ1) is 10.7. The fraction of sp³-hybridized carbons (Fsp3) is 0.833. The van der Waals surface area contributed by atoms with Gasteiger partial charge in [0, 0.05) is 0 Å². The summed E-state index contributed by atoms with van der Waals surface area (Å²) in [4.78, 5) is 34.3. The highest BCUT2D eigenvalue weighted by Crippen LogP contribution is 2.47. The molecule has 1 unspecified atom stereocenters. The van der Waals surface area contributed by atoms with Crippen molar-refractivity contribution in [3.63, 3.8) is 0 Å². The predicted octanol–water partition coefficient (Wildman–Crippen LogP) is 3.43. The highest BCUT2D eigenvalue weighted by Gasteiger charge is 2.47. The van der Waals surface area contributed by atoms with Crippen LogP contribution in [0.2, 0.25) is 0 Å². The van der Waals surface area contributed by atoms with Gasteiger partial charge in [0.1, 0.15) is 13.2 Å². The molecule has 1 atom stereocenters. The molecular weight excluding hydrogens is 312 g/mol. The first-order valence-corrected chi connectivity index (χ1v) is 8.24. The van der Waals surface area contributed by atoms with E-state index in [-0.39, 0.29) is 42.9 Å². The molecule has 6 heteroatoms. The summed E-state index contributed by atoms with van der Waals surface area (Å²) in [7, 11) is 0. The zero-order valence-electron chi connectivity index (χ0n) is 16.0. The Labute approximate surface area is 144 Å². The SMILES string of the molecule is CC(C)(C)CC(C)(C(=O)OCCOC(=O)CCC(=O)O)C(C)(C)C. The van der Waals surface area contributed by atoms with Gasteiger partial charge in [-0.2, -0.15) is 0 Å². The Morgan fingerprint density at radius 2 is 1.33 bits per heavy atom. The van der Waals surface area contributed by atoms with Crippen LogP contribution in [0.25, 0.3) is 0 Å². The van der Waals surface area contributed by atoms with E-state index in [1.54, 1.807) is 0 Å². The van der Waals surface area contributed by atoms with Gasteiger partial charge in [0.05, 0.1) is 18.3 Å². The number of carboxylic acid groups (broad SMARTS) is 1. The zero-order valence-corrected chi connectivity index (χ0v) is 16.0. The fourth-order valence-corrected chi connectivity index (χ4v) is 2.43. The van der Waals surface area contributed by atoms with E-state index in [0.717, 1.165) is 0 Å². The molecular formula is C18H32O6. The highest BCUT2D eigenvalue weighted by molar-refractivity contribution is 5.78. The van der Waals surface area contributed by atoms with Crippen molar-refractivity contribution in [3.8, 4) is 0 Å². The fourth-order valence-electron chi connectivity index (χ4n) is 2.43. The highest BCUT2D eigenvalue weighted by atomic mass is 16.6. The van der Waals surface area contributed by atoms with E-state index in [9.17, 15) is 14.4 Å². The van der Waals surface area contributed by atoms with Crippen molar-refractivity contribution in [1.82, 2.24) is 0 Å². The molecule has 0 aromatic rings. The van der Waals surface area contributed by atoms with Gasteiger partial charge in [-0.1, -0.05) is 41.5 Å². The molecule has 1 N–H and O–H groups in total. The summed E-state index contributed by atoms with van der Waals surface area (Å²) < 4.78 is 10.2. The minimum Gasteiger partial charge on any atom is -0.481 e. The quantitative estimate of drug-likeness (QED) is 0.536. The minimum absolute atomic E-state index is 0.0343. The minimum atomic E-state index is -1.05. The lowest BCUT2D eigenvalue weighted by atomic mass is 9.61. The molecule has 0 fully saturated rings. The third kappa shape index (κ3) is 7.79. The van der Waals surface area contributed by atoms with Crippen molar-refractivity contribution < 1.29 is 29.0 Å². The molecule has 0 aliphatic carbocycles. The molecule has 0 aliphatic rings. The number of carbonyl (C=O) groups is 3. The van der Waals surface area contributed by atoms with Crippen LogP contribution >= 0.6 is 0 Å². The van der Waals surface area contributed by atoms with Crippen LogP contribution in [0.5, 0.6) is 0 Å². The number of carboxylic acids is 1. The predicted molar refractivity (Wildman–Crippen MR) is 90.4 cm³/mol. The number of esters is 2. The second-order valence-electron chi connectivity index (χ2n) is 8.57. The van der Waals surface area contributed by atoms with E-state index >= 15 is 0 Å². The number of hydrogen-bond donors (Lipinski definition) is 1. The van der Waals surface area contributed by atoms with Crippen molar-refractivity contribution in [2.24, 2.45) is 16.2 Å². The second kappa shape index (κ2) is 8.49. The van der Waals surface area contributed by atoms with Crippen LogP contribution in [0, 0.1) is 16.2 Å². The van der Waals surface area contributed by atoms with Crippen molar-refractivity contribution in [2.75, 3.05) is 13.2 Å².